The van der Waals surface area contributed by atoms with Crippen molar-refractivity contribution in [1.29, 1.82) is 0 Å². The highest BCUT2D eigenvalue weighted by Crippen LogP contribution is 2.34. The van der Waals surface area contributed by atoms with E-state index in [-0.39, 0.29) is 42.2 Å². The van der Waals surface area contributed by atoms with Crippen LogP contribution >= 0.6 is 22.6 Å². The Hall–Kier alpha value is -3.74. The van der Waals surface area contributed by atoms with E-state index in [1.54, 1.807) is 13.1 Å². The van der Waals surface area contributed by atoms with E-state index < -0.39 is 17.6 Å². The van der Waals surface area contributed by atoms with Crippen molar-refractivity contribution in [2.75, 3.05) is 11.9 Å². The number of anilines is 2. The van der Waals surface area contributed by atoms with E-state index in [0.29, 0.717) is 26.8 Å². The van der Waals surface area contributed by atoms with Crippen LogP contribution in [0.15, 0.2) is 58.2 Å². The third-order valence-electron chi connectivity index (χ3n) is 5.42. The summed E-state index contributed by atoms with van der Waals surface area (Å²) in [6.07, 6.45) is 2.83. The maximum atomic E-state index is 14.8. The zero-order valence-corrected chi connectivity index (χ0v) is 21.0. The number of fused-ring (bicyclic) bond motifs is 3. The van der Waals surface area contributed by atoms with E-state index in [2.05, 4.69) is 47.9 Å². The highest BCUT2D eigenvalue weighted by Gasteiger charge is 2.25. The van der Waals surface area contributed by atoms with Crippen LogP contribution in [0.25, 0.3) is 11.3 Å². The standard InChI is InChI=1S/C25H18F2IN5O3/c1-2-35-23(34)19-12-31-25(36-19)33-24-30-11-14-10-29-22(20-17(26)4-3-5-18(20)27)16-8-13(9-28)6-7-15(16)21(14)32-24/h3-8,11-12H,2,9-10H2,1H3,(H,30,31,32,33). The summed E-state index contributed by atoms with van der Waals surface area (Å²) < 4.78 is 40.5. The molecule has 0 amide bonds. The fourth-order valence-corrected chi connectivity index (χ4v) is 4.28. The lowest BCUT2D eigenvalue weighted by atomic mass is 9.93. The fourth-order valence-electron chi connectivity index (χ4n) is 3.80. The number of aromatic nitrogens is 3. The van der Waals surface area contributed by atoms with Gasteiger partial charge in [-0.3, -0.25) is 10.3 Å². The van der Waals surface area contributed by atoms with Crippen LogP contribution in [-0.4, -0.2) is 33.2 Å². The molecule has 0 spiro atoms. The predicted octanol–water partition coefficient (Wildman–Crippen LogP) is 5.62. The van der Waals surface area contributed by atoms with Gasteiger partial charge in [-0.1, -0.05) is 40.8 Å². The molecule has 1 N–H and O–H groups in total. The summed E-state index contributed by atoms with van der Waals surface area (Å²) in [5, 5.41) is 2.84. The number of carbonyl (C=O) groups excluding carboxylic acids is 1. The molecule has 0 bridgehead atoms. The van der Waals surface area contributed by atoms with E-state index in [1.807, 2.05) is 18.2 Å². The second-order valence-corrected chi connectivity index (χ2v) is 8.48. The summed E-state index contributed by atoms with van der Waals surface area (Å²) in [5.41, 5.74) is 3.45. The van der Waals surface area contributed by atoms with Crippen molar-refractivity contribution in [2.24, 2.45) is 4.99 Å². The van der Waals surface area contributed by atoms with E-state index >= 15 is 0 Å². The molecule has 0 aliphatic carbocycles. The molecular weight excluding hydrogens is 583 g/mol. The van der Waals surface area contributed by atoms with E-state index in [0.717, 1.165) is 5.56 Å². The van der Waals surface area contributed by atoms with Gasteiger partial charge >= 0.3 is 12.0 Å². The third-order valence-corrected chi connectivity index (χ3v) is 6.30. The summed E-state index contributed by atoms with van der Waals surface area (Å²) in [5.74, 6) is -1.92. The van der Waals surface area contributed by atoms with Crippen molar-refractivity contribution in [3.8, 4) is 11.3 Å². The van der Waals surface area contributed by atoms with Gasteiger partial charge < -0.3 is 9.15 Å². The summed E-state index contributed by atoms with van der Waals surface area (Å²) in [4.78, 5) is 29.4. The SMILES string of the molecule is CCOC(=O)c1cnc(Nc2ncc3c(n2)-c2ccc(CI)cc2C(c2c(F)cccc2F)=NC3)o1. The molecule has 0 fully saturated rings. The Morgan fingerprint density at radius 2 is 1.94 bits per heavy atom. The van der Waals surface area contributed by atoms with Crippen LogP contribution in [0.2, 0.25) is 0 Å². The molecule has 0 atom stereocenters. The van der Waals surface area contributed by atoms with Gasteiger partial charge in [-0.2, -0.15) is 0 Å². The van der Waals surface area contributed by atoms with Crippen LogP contribution in [0.4, 0.5) is 20.7 Å². The zero-order valence-electron chi connectivity index (χ0n) is 18.9. The Bertz CT molecular complexity index is 1480. The molecule has 2 aromatic carbocycles. The number of aliphatic imine (C=N–C) groups is 1. The first-order chi connectivity index (χ1) is 17.5. The number of hydrogen-bond donors (Lipinski definition) is 1. The second-order valence-electron chi connectivity index (χ2n) is 7.72. The van der Waals surface area contributed by atoms with Crippen molar-refractivity contribution in [3.05, 3.63) is 88.4 Å². The van der Waals surface area contributed by atoms with Gasteiger partial charge in [-0.15, -0.1) is 0 Å². The van der Waals surface area contributed by atoms with Crippen molar-refractivity contribution in [1.82, 2.24) is 15.0 Å². The van der Waals surface area contributed by atoms with E-state index in [4.69, 9.17) is 9.15 Å². The molecule has 0 saturated carbocycles. The minimum absolute atomic E-state index is 0.0116. The third kappa shape index (κ3) is 4.57. The monoisotopic (exact) mass is 601 g/mol. The lowest BCUT2D eigenvalue weighted by Crippen LogP contribution is -2.10. The molecule has 8 nitrogen and oxygen atoms in total. The van der Waals surface area contributed by atoms with Gasteiger partial charge in [0.1, 0.15) is 11.6 Å². The number of hydrogen-bond acceptors (Lipinski definition) is 8. The highest BCUT2D eigenvalue weighted by atomic mass is 127. The number of halogens is 3. The molecule has 3 heterocycles. The van der Waals surface area contributed by atoms with Crippen molar-refractivity contribution in [3.63, 3.8) is 0 Å². The smallest absolute Gasteiger partial charge is 0.376 e. The first kappa shape index (κ1) is 24.0. The Balaban J connectivity index is 1.57. The van der Waals surface area contributed by atoms with E-state index in [9.17, 15) is 13.6 Å². The molecule has 0 unspecified atom stereocenters. The van der Waals surface area contributed by atoms with Gasteiger partial charge in [0, 0.05) is 27.3 Å². The summed E-state index contributed by atoms with van der Waals surface area (Å²) in [6.45, 7) is 2.02. The van der Waals surface area contributed by atoms with E-state index in [1.165, 1.54) is 24.4 Å². The Labute approximate surface area is 218 Å². The van der Waals surface area contributed by atoms with Crippen molar-refractivity contribution < 1.29 is 22.7 Å². The average Bonchev–Trinajstić information content (AvgIpc) is 3.28. The lowest BCUT2D eigenvalue weighted by Gasteiger charge is -2.14. The largest absolute Gasteiger partial charge is 0.460 e. The number of rotatable bonds is 6. The summed E-state index contributed by atoms with van der Waals surface area (Å²) >= 11 is 2.23. The van der Waals surface area contributed by atoms with Crippen LogP contribution in [0, 0.1) is 11.6 Å². The number of benzene rings is 2. The predicted molar refractivity (Wildman–Crippen MR) is 137 cm³/mol. The van der Waals surface area contributed by atoms with Gasteiger partial charge in [0.15, 0.2) is 0 Å². The van der Waals surface area contributed by atoms with Gasteiger partial charge in [-0.25, -0.2) is 28.5 Å². The molecule has 4 aromatic rings. The van der Waals surface area contributed by atoms with Crippen LogP contribution in [0.1, 0.15) is 39.7 Å². The molecule has 2 aromatic heterocycles. The first-order valence-electron chi connectivity index (χ1n) is 10.9. The lowest BCUT2D eigenvalue weighted by molar-refractivity contribution is 0.0491. The summed E-state index contributed by atoms with van der Waals surface area (Å²) in [7, 11) is 0. The Kier molecular flexibility index (Phi) is 6.72. The van der Waals surface area contributed by atoms with Gasteiger partial charge in [0.25, 0.3) is 0 Å². The summed E-state index contributed by atoms with van der Waals surface area (Å²) in [6, 6.07) is 9.43. The molecule has 182 valence electrons. The molecule has 1 aliphatic heterocycles. The van der Waals surface area contributed by atoms with Gasteiger partial charge in [0.2, 0.25) is 11.7 Å². The van der Waals surface area contributed by atoms with Crippen molar-refractivity contribution in [2.45, 2.75) is 17.9 Å². The van der Waals surface area contributed by atoms with Crippen LogP contribution in [0.5, 0.6) is 0 Å². The molecule has 0 radical (unpaired) electrons. The quantitative estimate of drug-likeness (QED) is 0.174. The fraction of sp³-hybridized carbons (Fsp3) is 0.160. The molecule has 11 heteroatoms. The topological polar surface area (TPSA) is 102 Å². The molecule has 0 saturated heterocycles. The second kappa shape index (κ2) is 10.1. The number of nitrogens with one attached hydrogen (secondary N) is 1. The first-order valence-corrected chi connectivity index (χ1v) is 12.5. The Morgan fingerprint density at radius 3 is 2.69 bits per heavy atom. The van der Waals surface area contributed by atoms with Crippen molar-refractivity contribution >= 4 is 46.2 Å². The molecule has 5 rings (SSSR count). The van der Waals surface area contributed by atoms with Gasteiger partial charge in [0.05, 0.1) is 36.3 Å². The normalized spacial score (nSPS) is 12.3. The van der Waals surface area contributed by atoms with Crippen LogP contribution in [-0.2, 0) is 15.7 Å². The maximum absolute atomic E-state index is 14.8. The van der Waals surface area contributed by atoms with Gasteiger partial charge in [-0.05, 0) is 30.7 Å². The number of esters is 1. The molecule has 36 heavy (non-hydrogen) atoms. The Morgan fingerprint density at radius 1 is 1.14 bits per heavy atom. The number of alkyl halides is 1. The highest BCUT2D eigenvalue weighted by molar-refractivity contribution is 14.1. The maximum Gasteiger partial charge on any atom is 0.376 e. The number of carbonyl (C=O) groups is 1. The number of nitrogens with zero attached hydrogens (tertiary/aromatic N) is 4. The minimum Gasteiger partial charge on any atom is -0.460 e. The average molecular weight is 601 g/mol. The number of oxazole rings is 1. The number of ether oxygens (including phenoxy) is 1. The van der Waals surface area contributed by atoms with Crippen LogP contribution < -0.4 is 5.32 Å². The molecular formula is C25H18F2IN5O3. The molecule has 1 aliphatic rings. The zero-order chi connectivity index (χ0) is 25.2. The van der Waals surface area contributed by atoms with Crippen LogP contribution in [0.3, 0.4) is 0 Å². The minimum atomic E-state index is -0.694.